The lowest BCUT2D eigenvalue weighted by atomic mass is 9.92. The molecule has 1 amide bonds. The normalized spacial score (nSPS) is 19.2. The van der Waals surface area contributed by atoms with Crippen molar-refractivity contribution >= 4 is 5.91 Å². The van der Waals surface area contributed by atoms with Crippen molar-refractivity contribution in [2.45, 2.75) is 25.7 Å². The Labute approximate surface area is 126 Å². The predicted octanol–water partition coefficient (Wildman–Crippen LogP) is 1.72. The molecule has 0 radical (unpaired) electrons. The molecule has 1 heterocycles. The quantitative estimate of drug-likeness (QED) is 0.849. The van der Waals surface area contributed by atoms with E-state index in [0.717, 1.165) is 38.3 Å². The lowest BCUT2D eigenvalue weighted by molar-refractivity contribution is -0.134. The number of fused-ring (bicyclic) bond motifs is 1. The van der Waals surface area contributed by atoms with Gasteiger partial charge in [-0.2, -0.15) is 0 Å². The maximum Gasteiger partial charge on any atom is 0.260 e. The van der Waals surface area contributed by atoms with Crippen LogP contribution >= 0.6 is 0 Å². The number of piperazine rings is 1. The van der Waals surface area contributed by atoms with E-state index in [-0.39, 0.29) is 12.5 Å². The van der Waals surface area contributed by atoms with Crippen molar-refractivity contribution in [1.82, 2.24) is 9.80 Å². The number of carbonyl (C=O) groups excluding carboxylic acids is 1. The van der Waals surface area contributed by atoms with Gasteiger partial charge in [-0.1, -0.05) is 6.07 Å². The highest BCUT2D eigenvalue weighted by Gasteiger charge is 2.19. The molecule has 0 saturated carbocycles. The van der Waals surface area contributed by atoms with Gasteiger partial charge in [0.15, 0.2) is 6.61 Å². The Hall–Kier alpha value is -1.55. The molecule has 21 heavy (non-hydrogen) atoms. The van der Waals surface area contributed by atoms with Crippen molar-refractivity contribution in [2.24, 2.45) is 0 Å². The molecule has 0 unspecified atom stereocenters. The second-order valence-corrected chi connectivity index (χ2v) is 6.11. The lowest BCUT2D eigenvalue weighted by Crippen LogP contribution is -2.48. The molecule has 1 fully saturated rings. The molecular weight excluding hydrogens is 264 g/mol. The van der Waals surface area contributed by atoms with Gasteiger partial charge in [0.05, 0.1) is 0 Å². The van der Waals surface area contributed by atoms with Crippen LogP contribution in [0.3, 0.4) is 0 Å². The zero-order valence-corrected chi connectivity index (χ0v) is 12.8. The molecule has 4 heteroatoms. The van der Waals surface area contributed by atoms with Crippen molar-refractivity contribution in [3.05, 3.63) is 29.3 Å². The van der Waals surface area contributed by atoms with Crippen LogP contribution in [-0.2, 0) is 17.6 Å². The summed E-state index contributed by atoms with van der Waals surface area (Å²) in [7, 11) is 2.09. The van der Waals surface area contributed by atoms with E-state index < -0.39 is 0 Å². The maximum atomic E-state index is 12.1. The molecule has 1 aliphatic heterocycles. The highest BCUT2D eigenvalue weighted by Crippen LogP contribution is 2.25. The Morgan fingerprint density at radius 3 is 2.57 bits per heavy atom. The van der Waals surface area contributed by atoms with E-state index in [1.807, 2.05) is 11.0 Å². The first-order chi connectivity index (χ1) is 10.2. The van der Waals surface area contributed by atoms with E-state index in [0.29, 0.717) is 0 Å². The van der Waals surface area contributed by atoms with Crippen LogP contribution in [0.25, 0.3) is 0 Å². The molecule has 1 saturated heterocycles. The van der Waals surface area contributed by atoms with Crippen LogP contribution in [0.4, 0.5) is 0 Å². The minimum atomic E-state index is 0.0980. The number of rotatable bonds is 3. The van der Waals surface area contributed by atoms with Crippen molar-refractivity contribution in [3.63, 3.8) is 0 Å². The monoisotopic (exact) mass is 288 g/mol. The van der Waals surface area contributed by atoms with Crippen LogP contribution in [0.5, 0.6) is 5.75 Å². The third-order valence-corrected chi connectivity index (χ3v) is 4.54. The molecule has 0 atom stereocenters. The van der Waals surface area contributed by atoms with Crippen LogP contribution in [0.15, 0.2) is 18.2 Å². The number of ether oxygens (including phenoxy) is 1. The van der Waals surface area contributed by atoms with Crippen LogP contribution < -0.4 is 4.74 Å². The lowest BCUT2D eigenvalue weighted by Gasteiger charge is -2.32. The molecule has 1 aliphatic carbocycles. The third-order valence-electron chi connectivity index (χ3n) is 4.54. The van der Waals surface area contributed by atoms with Gasteiger partial charge in [-0.3, -0.25) is 4.79 Å². The number of nitrogens with zero attached hydrogens (tertiary/aromatic N) is 2. The average molecular weight is 288 g/mol. The van der Waals surface area contributed by atoms with Gasteiger partial charge in [0.2, 0.25) is 0 Å². The number of likely N-dealkylation sites (N-methyl/N-ethyl adjacent to an activating group) is 1. The molecule has 1 aromatic rings. The molecular formula is C17H24N2O2. The van der Waals surface area contributed by atoms with Crippen molar-refractivity contribution in [1.29, 1.82) is 0 Å². The largest absolute Gasteiger partial charge is 0.484 e. The minimum absolute atomic E-state index is 0.0980. The standard InChI is InChI=1S/C17H24N2O2/c1-18-8-10-19(11-9-18)17(20)13-21-16-7-6-14-4-2-3-5-15(14)12-16/h6-7,12H,2-5,8-11,13H2,1H3. The van der Waals surface area contributed by atoms with Gasteiger partial charge in [-0.25, -0.2) is 0 Å². The van der Waals surface area contributed by atoms with E-state index in [1.54, 1.807) is 0 Å². The van der Waals surface area contributed by atoms with E-state index in [9.17, 15) is 4.79 Å². The topological polar surface area (TPSA) is 32.8 Å². The Bertz CT molecular complexity index is 508. The third kappa shape index (κ3) is 3.56. The van der Waals surface area contributed by atoms with Gasteiger partial charge in [-0.05, 0) is 56.0 Å². The second-order valence-electron chi connectivity index (χ2n) is 6.11. The molecule has 3 rings (SSSR count). The van der Waals surface area contributed by atoms with Crippen LogP contribution in [0.1, 0.15) is 24.0 Å². The zero-order chi connectivity index (χ0) is 14.7. The molecule has 0 bridgehead atoms. The second kappa shape index (κ2) is 6.48. The Balaban J connectivity index is 1.54. The van der Waals surface area contributed by atoms with Gasteiger partial charge < -0.3 is 14.5 Å². The fourth-order valence-electron chi connectivity index (χ4n) is 3.09. The van der Waals surface area contributed by atoms with Gasteiger partial charge in [0, 0.05) is 26.2 Å². The van der Waals surface area contributed by atoms with Crippen LogP contribution in [-0.4, -0.2) is 55.5 Å². The number of carbonyl (C=O) groups is 1. The number of benzene rings is 1. The van der Waals surface area contributed by atoms with Crippen molar-refractivity contribution < 1.29 is 9.53 Å². The summed E-state index contributed by atoms with van der Waals surface area (Å²) in [5.74, 6) is 0.930. The summed E-state index contributed by atoms with van der Waals surface area (Å²) in [5.41, 5.74) is 2.84. The first-order valence-corrected chi connectivity index (χ1v) is 7.93. The maximum absolute atomic E-state index is 12.1. The minimum Gasteiger partial charge on any atom is -0.484 e. The molecule has 1 aromatic carbocycles. The smallest absolute Gasteiger partial charge is 0.260 e. The van der Waals surface area contributed by atoms with Crippen LogP contribution in [0, 0.1) is 0 Å². The number of hydrogen-bond donors (Lipinski definition) is 0. The van der Waals surface area contributed by atoms with Gasteiger partial charge in [0.1, 0.15) is 5.75 Å². The predicted molar refractivity (Wildman–Crippen MR) is 82.7 cm³/mol. The van der Waals surface area contributed by atoms with Crippen LogP contribution in [0.2, 0.25) is 0 Å². The summed E-state index contributed by atoms with van der Waals surface area (Å²) in [6.07, 6.45) is 4.86. The highest BCUT2D eigenvalue weighted by molar-refractivity contribution is 5.77. The van der Waals surface area contributed by atoms with E-state index in [2.05, 4.69) is 24.1 Å². The first-order valence-electron chi connectivity index (χ1n) is 7.93. The average Bonchev–Trinajstić information content (AvgIpc) is 2.53. The summed E-state index contributed by atoms with van der Waals surface area (Å²) < 4.78 is 5.71. The highest BCUT2D eigenvalue weighted by atomic mass is 16.5. The fraction of sp³-hybridized carbons (Fsp3) is 0.588. The van der Waals surface area contributed by atoms with Crippen molar-refractivity contribution in [2.75, 3.05) is 39.8 Å². The Morgan fingerprint density at radius 1 is 1.10 bits per heavy atom. The molecule has 114 valence electrons. The number of amides is 1. The summed E-state index contributed by atoms with van der Waals surface area (Å²) in [6.45, 7) is 3.67. The Morgan fingerprint density at radius 2 is 1.81 bits per heavy atom. The first kappa shape index (κ1) is 14.4. The van der Waals surface area contributed by atoms with E-state index >= 15 is 0 Å². The van der Waals surface area contributed by atoms with Gasteiger partial charge >= 0.3 is 0 Å². The summed E-state index contributed by atoms with van der Waals surface area (Å²) >= 11 is 0. The molecule has 0 aromatic heterocycles. The summed E-state index contributed by atoms with van der Waals surface area (Å²) in [4.78, 5) is 16.3. The molecule has 0 N–H and O–H groups in total. The van der Waals surface area contributed by atoms with Crippen molar-refractivity contribution in [3.8, 4) is 5.75 Å². The fourth-order valence-corrected chi connectivity index (χ4v) is 3.09. The number of hydrogen-bond acceptors (Lipinski definition) is 3. The molecule has 4 nitrogen and oxygen atoms in total. The molecule has 0 spiro atoms. The Kier molecular flexibility index (Phi) is 4.44. The summed E-state index contributed by atoms with van der Waals surface area (Å²) in [5, 5.41) is 0. The zero-order valence-electron chi connectivity index (χ0n) is 12.8. The van der Waals surface area contributed by atoms with E-state index in [4.69, 9.17) is 4.74 Å². The molecule has 2 aliphatic rings. The van der Waals surface area contributed by atoms with Gasteiger partial charge in [0.25, 0.3) is 5.91 Å². The van der Waals surface area contributed by atoms with Gasteiger partial charge in [-0.15, -0.1) is 0 Å². The van der Waals surface area contributed by atoms with E-state index in [1.165, 1.54) is 30.4 Å². The number of aryl methyl sites for hydroxylation is 2. The summed E-state index contributed by atoms with van der Waals surface area (Å²) in [6, 6.07) is 6.28. The SMILES string of the molecule is CN1CCN(C(=O)COc2ccc3c(c2)CCCC3)CC1.